The van der Waals surface area contributed by atoms with Crippen LogP contribution in [-0.4, -0.2) is 13.0 Å². The van der Waals surface area contributed by atoms with Gasteiger partial charge in [0.05, 0.1) is 0 Å². The van der Waals surface area contributed by atoms with Crippen molar-refractivity contribution >= 4 is 11.6 Å². The fraction of sp³-hybridized carbons (Fsp3) is 0.316. The maximum Gasteiger partial charge on any atom is 0.255 e. The van der Waals surface area contributed by atoms with Gasteiger partial charge >= 0.3 is 0 Å². The molecule has 0 radical (unpaired) electrons. The number of hydrogen-bond acceptors (Lipinski definition) is 2. The molecule has 1 amide bonds. The summed E-state index contributed by atoms with van der Waals surface area (Å²) < 4.78 is 0. The number of anilines is 1. The highest BCUT2D eigenvalue weighted by molar-refractivity contribution is 6.04. The van der Waals surface area contributed by atoms with Gasteiger partial charge in [-0.3, -0.25) is 4.79 Å². The van der Waals surface area contributed by atoms with Gasteiger partial charge in [0.1, 0.15) is 0 Å². The van der Waals surface area contributed by atoms with Crippen LogP contribution in [-0.2, 0) is 12.0 Å². The van der Waals surface area contributed by atoms with Crippen molar-refractivity contribution in [3.05, 3.63) is 65.2 Å². The van der Waals surface area contributed by atoms with E-state index in [1.54, 1.807) is 0 Å². The first-order valence-corrected chi connectivity index (χ1v) is 7.56. The van der Waals surface area contributed by atoms with E-state index in [9.17, 15) is 4.79 Å². The number of benzene rings is 2. The van der Waals surface area contributed by atoms with Gasteiger partial charge in [0, 0.05) is 17.8 Å². The van der Waals surface area contributed by atoms with Gasteiger partial charge in [-0.2, -0.15) is 0 Å². The van der Waals surface area contributed by atoms with Gasteiger partial charge < -0.3 is 10.6 Å². The Hall–Kier alpha value is -2.13. The number of nitrogens with one attached hydrogen (secondary N) is 2. The molecule has 0 saturated carbocycles. The average Bonchev–Trinajstić information content (AvgIpc) is 2.49. The van der Waals surface area contributed by atoms with Crippen molar-refractivity contribution in [2.24, 2.45) is 0 Å². The normalized spacial score (nSPS) is 11.3. The summed E-state index contributed by atoms with van der Waals surface area (Å²) in [5, 5.41) is 6.10. The van der Waals surface area contributed by atoms with Crippen molar-refractivity contribution in [1.82, 2.24) is 5.32 Å². The quantitative estimate of drug-likeness (QED) is 0.896. The SMILES string of the molecule is CNCc1ccccc1NC(=O)c1ccc(C(C)(C)C)cc1. The third-order valence-corrected chi connectivity index (χ3v) is 3.65. The van der Waals surface area contributed by atoms with E-state index in [-0.39, 0.29) is 11.3 Å². The van der Waals surface area contributed by atoms with Crippen molar-refractivity contribution < 1.29 is 4.79 Å². The van der Waals surface area contributed by atoms with Crippen LogP contribution >= 0.6 is 0 Å². The van der Waals surface area contributed by atoms with Crippen LogP contribution in [0.1, 0.15) is 42.3 Å². The smallest absolute Gasteiger partial charge is 0.255 e. The molecule has 2 aromatic carbocycles. The third kappa shape index (κ3) is 3.95. The predicted octanol–water partition coefficient (Wildman–Crippen LogP) is 3.96. The van der Waals surface area contributed by atoms with E-state index in [1.807, 2.05) is 55.6 Å². The van der Waals surface area contributed by atoms with Crippen LogP contribution in [0.25, 0.3) is 0 Å². The summed E-state index contributed by atoms with van der Waals surface area (Å²) in [6, 6.07) is 15.6. The van der Waals surface area contributed by atoms with Crippen molar-refractivity contribution in [2.75, 3.05) is 12.4 Å². The molecule has 3 nitrogen and oxygen atoms in total. The Morgan fingerprint density at radius 2 is 1.64 bits per heavy atom. The number of para-hydroxylation sites is 1. The summed E-state index contributed by atoms with van der Waals surface area (Å²) in [4.78, 5) is 12.4. The van der Waals surface area contributed by atoms with Gasteiger partial charge in [-0.1, -0.05) is 51.1 Å². The zero-order chi connectivity index (χ0) is 16.2. The number of amides is 1. The second kappa shape index (κ2) is 6.75. The summed E-state index contributed by atoms with van der Waals surface area (Å²) >= 11 is 0. The lowest BCUT2D eigenvalue weighted by atomic mass is 9.87. The molecular weight excluding hydrogens is 272 g/mol. The lowest BCUT2D eigenvalue weighted by Crippen LogP contribution is -2.16. The molecule has 0 aliphatic rings. The molecule has 2 aromatic rings. The monoisotopic (exact) mass is 296 g/mol. The zero-order valence-electron chi connectivity index (χ0n) is 13.7. The minimum Gasteiger partial charge on any atom is -0.322 e. The lowest BCUT2D eigenvalue weighted by molar-refractivity contribution is 0.102. The molecule has 0 spiro atoms. The van der Waals surface area contributed by atoms with Gasteiger partial charge in [-0.05, 0) is 41.8 Å². The molecule has 0 atom stereocenters. The molecule has 3 heteroatoms. The van der Waals surface area contributed by atoms with Crippen LogP contribution < -0.4 is 10.6 Å². The lowest BCUT2D eigenvalue weighted by Gasteiger charge is -2.19. The second-order valence-corrected chi connectivity index (χ2v) is 6.47. The number of carbonyl (C=O) groups is 1. The van der Waals surface area contributed by atoms with Crippen LogP contribution in [0.3, 0.4) is 0 Å². The summed E-state index contributed by atoms with van der Waals surface area (Å²) in [7, 11) is 1.89. The zero-order valence-corrected chi connectivity index (χ0v) is 13.7. The molecule has 22 heavy (non-hydrogen) atoms. The Labute approximate surface area is 132 Å². The van der Waals surface area contributed by atoms with E-state index in [4.69, 9.17) is 0 Å². The van der Waals surface area contributed by atoms with Crippen molar-refractivity contribution in [3.8, 4) is 0 Å². The number of rotatable bonds is 4. The van der Waals surface area contributed by atoms with Gasteiger partial charge in [-0.15, -0.1) is 0 Å². The van der Waals surface area contributed by atoms with E-state index >= 15 is 0 Å². The first-order valence-electron chi connectivity index (χ1n) is 7.56. The fourth-order valence-electron chi connectivity index (χ4n) is 2.30. The fourth-order valence-corrected chi connectivity index (χ4v) is 2.30. The number of hydrogen-bond donors (Lipinski definition) is 2. The van der Waals surface area contributed by atoms with Gasteiger partial charge in [-0.25, -0.2) is 0 Å². The Kier molecular flexibility index (Phi) is 4.99. The minimum atomic E-state index is -0.0796. The highest BCUT2D eigenvalue weighted by Crippen LogP contribution is 2.22. The molecule has 2 rings (SSSR count). The highest BCUT2D eigenvalue weighted by atomic mass is 16.1. The third-order valence-electron chi connectivity index (χ3n) is 3.65. The largest absolute Gasteiger partial charge is 0.322 e. The minimum absolute atomic E-state index is 0.0796. The van der Waals surface area contributed by atoms with Crippen molar-refractivity contribution in [3.63, 3.8) is 0 Å². The first kappa shape index (κ1) is 16.2. The molecule has 0 aliphatic carbocycles. The van der Waals surface area contributed by atoms with Crippen molar-refractivity contribution in [1.29, 1.82) is 0 Å². The molecule has 2 N–H and O–H groups in total. The summed E-state index contributed by atoms with van der Waals surface area (Å²) in [6.07, 6.45) is 0. The average molecular weight is 296 g/mol. The topological polar surface area (TPSA) is 41.1 Å². The summed E-state index contributed by atoms with van der Waals surface area (Å²) in [5.41, 5.74) is 3.91. The molecule has 0 aliphatic heterocycles. The second-order valence-electron chi connectivity index (χ2n) is 6.47. The predicted molar refractivity (Wildman–Crippen MR) is 92.3 cm³/mol. The van der Waals surface area contributed by atoms with Crippen LogP contribution in [0, 0.1) is 0 Å². The Morgan fingerprint density at radius 1 is 1.00 bits per heavy atom. The summed E-state index contributed by atoms with van der Waals surface area (Å²) in [5.74, 6) is -0.0796. The van der Waals surface area contributed by atoms with Crippen LogP contribution in [0.4, 0.5) is 5.69 Å². The van der Waals surface area contributed by atoms with E-state index in [2.05, 4.69) is 31.4 Å². The molecule has 0 saturated heterocycles. The molecule has 0 aromatic heterocycles. The standard InChI is InChI=1S/C19H24N2O/c1-19(2,3)16-11-9-14(10-12-16)18(22)21-17-8-6-5-7-15(17)13-20-4/h5-12,20H,13H2,1-4H3,(H,21,22). The van der Waals surface area contributed by atoms with E-state index in [0.717, 1.165) is 17.8 Å². The van der Waals surface area contributed by atoms with Gasteiger partial charge in [0.25, 0.3) is 5.91 Å². The van der Waals surface area contributed by atoms with Gasteiger partial charge in [0.15, 0.2) is 0 Å². The first-order chi connectivity index (χ1) is 10.4. The van der Waals surface area contributed by atoms with Crippen LogP contribution in [0.2, 0.25) is 0 Å². The molecule has 0 unspecified atom stereocenters. The molecule has 0 fully saturated rings. The Morgan fingerprint density at radius 3 is 2.23 bits per heavy atom. The van der Waals surface area contributed by atoms with Crippen molar-refractivity contribution in [2.45, 2.75) is 32.7 Å². The van der Waals surface area contributed by atoms with E-state index in [0.29, 0.717) is 5.56 Å². The molecular formula is C19H24N2O. The van der Waals surface area contributed by atoms with Crippen LogP contribution in [0.15, 0.2) is 48.5 Å². The Bertz CT molecular complexity index is 639. The highest BCUT2D eigenvalue weighted by Gasteiger charge is 2.14. The van der Waals surface area contributed by atoms with E-state index in [1.165, 1.54) is 5.56 Å². The van der Waals surface area contributed by atoms with Gasteiger partial charge in [0.2, 0.25) is 0 Å². The molecule has 116 valence electrons. The Balaban J connectivity index is 2.16. The maximum atomic E-state index is 12.4. The molecule has 0 heterocycles. The van der Waals surface area contributed by atoms with E-state index < -0.39 is 0 Å². The van der Waals surface area contributed by atoms with Crippen LogP contribution in [0.5, 0.6) is 0 Å². The maximum absolute atomic E-state index is 12.4. The molecule has 0 bridgehead atoms. The number of carbonyl (C=O) groups excluding carboxylic acids is 1. The summed E-state index contributed by atoms with van der Waals surface area (Å²) in [6.45, 7) is 7.21.